The first kappa shape index (κ1) is 11.0. The molecule has 1 aromatic heterocycles. The van der Waals surface area contributed by atoms with Crippen molar-refractivity contribution in [2.24, 2.45) is 5.14 Å². The summed E-state index contributed by atoms with van der Waals surface area (Å²) in [6, 6.07) is 9.24. The second-order valence-corrected chi connectivity index (χ2v) is 5.62. The van der Waals surface area contributed by atoms with Gasteiger partial charge in [0, 0.05) is 5.69 Å². The van der Waals surface area contributed by atoms with E-state index in [9.17, 15) is 8.42 Å². The maximum Gasteiger partial charge on any atom is 0.267 e. The molecule has 0 radical (unpaired) electrons. The third-order valence-corrected chi connectivity index (χ3v) is 3.82. The predicted molar refractivity (Wildman–Crippen MR) is 61.0 cm³/mol. The summed E-state index contributed by atoms with van der Waals surface area (Å²) in [7, 11) is -3.77. The van der Waals surface area contributed by atoms with Crippen LogP contribution in [0.15, 0.2) is 34.7 Å². The van der Waals surface area contributed by atoms with Crippen LogP contribution >= 0.6 is 11.3 Å². The molecule has 0 aliphatic rings. The molecule has 1 aromatic carbocycles. The molecule has 0 fully saturated rings. The molecule has 0 aliphatic heterocycles. The van der Waals surface area contributed by atoms with E-state index in [1.54, 1.807) is 0 Å². The maximum absolute atomic E-state index is 11.0. The van der Waals surface area contributed by atoms with Crippen LogP contribution in [0.3, 0.4) is 0 Å². The highest BCUT2D eigenvalue weighted by molar-refractivity contribution is 7.91. The Morgan fingerprint density at radius 2 is 1.88 bits per heavy atom. The van der Waals surface area contributed by atoms with Gasteiger partial charge in [0.1, 0.15) is 0 Å². The molecule has 6 nitrogen and oxygen atoms in total. The zero-order chi connectivity index (χ0) is 11.6. The summed E-state index contributed by atoms with van der Waals surface area (Å²) in [4.78, 5) is 0. The highest BCUT2D eigenvalue weighted by Crippen LogP contribution is 2.22. The van der Waals surface area contributed by atoms with Crippen LogP contribution in [0.1, 0.15) is 0 Å². The van der Waals surface area contributed by atoms with E-state index in [1.165, 1.54) is 0 Å². The lowest BCUT2D eigenvalue weighted by atomic mass is 10.3. The second kappa shape index (κ2) is 4.16. The first-order valence-electron chi connectivity index (χ1n) is 4.24. The molecule has 0 saturated heterocycles. The molecule has 0 bridgehead atoms. The molecule has 16 heavy (non-hydrogen) atoms. The Morgan fingerprint density at radius 3 is 2.44 bits per heavy atom. The average molecular weight is 256 g/mol. The van der Waals surface area contributed by atoms with Crippen LogP contribution in [0.25, 0.3) is 0 Å². The molecule has 0 saturated carbocycles. The number of nitrogens with zero attached hydrogens (tertiary/aromatic N) is 2. The smallest absolute Gasteiger partial charge is 0.267 e. The molecule has 0 amide bonds. The van der Waals surface area contributed by atoms with Gasteiger partial charge in [-0.05, 0) is 12.1 Å². The Labute approximate surface area is 96.2 Å². The number of sulfonamides is 1. The van der Waals surface area contributed by atoms with Crippen LogP contribution < -0.4 is 10.5 Å². The summed E-state index contributed by atoms with van der Waals surface area (Å²) in [5.41, 5.74) is 0.805. The molecule has 2 rings (SSSR count). The summed E-state index contributed by atoms with van der Waals surface area (Å²) in [5, 5.41) is 15.4. The molecular formula is C8H8N4O2S2. The van der Waals surface area contributed by atoms with Gasteiger partial charge in [-0.2, -0.15) is 0 Å². The molecule has 0 aliphatic carbocycles. The van der Waals surface area contributed by atoms with Crippen molar-refractivity contribution in [2.45, 2.75) is 4.34 Å². The van der Waals surface area contributed by atoms with Gasteiger partial charge in [0.15, 0.2) is 0 Å². The zero-order valence-corrected chi connectivity index (χ0v) is 9.62. The number of hydrogen-bond acceptors (Lipinski definition) is 6. The van der Waals surface area contributed by atoms with Crippen molar-refractivity contribution in [3.63, 3.8) is 0 Å². The highest BCUT2D eigenvalue weighted by atomic mass is 32.2. The average Bonchev–Trinajstić information content (AvgIpc) is 2.67. The van der Waals surface area contributed by atoms with Crippen molar-refractivity contribution < 1.29 is 8.42 Å². The summed E-state index contributed by atoms with van der Waals surface area (Å²) in [6.45, 7) is 0. The van der Waals surface area contributed by atoms with Crippen molar-refractivity contribution in [3.05, 3.63) is 30.3 Å². The van der Waals surface area contributed by atoms with Crippen molar-refractivity contribution in [3.8, 4) is 0 Å². The number of para-hydroxylation sites is 1. The molecule has 2 aromatic rings. The molecule has 0 atom stereocenters. The minimum absolute atomic E-state index is 0.203. The van der Waals surface area contributed by atoms with E-state index in [0.717, 1.165) is 17.0 Å². The molecule has 1 heterocycles. The first-order valence-corrected chi connectivity index (χ1v) is 6.60. The minimum atomic E-state index is -3.77. The highest BCUT2D eigenvalue weighted by Gasteiger charge is 2.14. The minimum Gasteiger partial charge on any atom is -0.330 e. The number of rotatable bonds is 3. The number of benzene rings is 1. The first-order chi connectivity index (χ1) is 7.55. The molecule has 0 unspecified atom stereocenters. The third-order valence-electron chi connectivity index (χ3n) is 1.67. The second-order valence-electron chi connectivity index (χ2n) is 2.91. The number of hydrogen-bond donors (Lipinski definition) is 2. The maximum atomic E-state index is 11.0. The Kier molecular flexibility index (Phi) is 2.86. The van der Waals surface area contributed by atoms with Crippen molar-refractivity contribution in [2.75, 3.05) is 5.32 Å². The Balaban J connectivity index is 2.22. The van der Waals surface area contributed by atoms with Crippen LogP contribution in [-0.2, 0) is 10.0 Å². The van der Waals surface area contributed by atoms with Crippen LogP contribution in [0.5, 0.6) is 0 Å². The standard InChI is InChI=1S/C8H8N4O2S2/c9-16(13,14)8-12-11-7(15-8)10-6-4-2-1-3-5-6/h1-5H,(H,10,11)(H2,9,13,14). The van der Waals surface area contributed by atoms with Gasteiger partial charge in [0.2, 0.25) is 9.47 Å². The lowest BCUT2D eigenvalue weighted by molar-refractivity contribution is 0.596. The largest absolute Gasteiger partial charge is 0.330 e. The van der Waals surface area contributed by atoms with E-state index in [0.29, 0.717) is 5.13 Å². The van der Waals surface area contributed by atoms with Crippen molar-refractivity contribution in [1.82, 2.24) is 10.2 Å². The van der Waals surface area contributed by atoms with E-state index in [-0.39, 0.29) is 4.34 Å². The van der Waals surface area contributed by atoms with Crippen LogP contribution in [0.4, 0.5) is 10.8 Å². The Bertz CT molecular complexity index is 579. The number of nitrogens with two attached hydrogens (primary N) is 1. The van der Waals surface area contributed by atoms with Gasteiger partial charge in [0.05, 0.1) is 0 Å². The lowest BCUT2D eigenvalue weighted by Crippen LogP contribution is -2.11. The topological polar surface area (TPSA) is 98.0 Å². The molecule has 3 N–H and O–H groups in total. The van der Waals surface area contributed by atoms with E-state index >= 15 is 0 Å². The summed E-state index contributed by atoms with van der Waals surface area (Å²) >= 11 is 0.888. The molecular weight excluding hydrogens is 248 g/mol. The fourth-order valence-corrected chi connectivity index (χ4v) is 2.37. The summed E-state index contributed by atoms with van der Waals surface area (Å²) in [5.74, 6) is 0. The van der Waals surface area contributed by atoms with Gasteiger partial charge in [0.25, 0.3) is 10.0 Å². The third kappa shape index (κ3) is 2.54. The van der Waals surface area contributed by atoms with Gasteiger partial charge < -0.3 is 5.32 Å². The van der Waals surface area contributed by atoms with E-state index in [4.69, 9.17) is 5.14 Å². The number of primary sulfonamides is 1. The van der Waals surface area contributed by atoms with Crippen LogP contribution in [-0.4, -0.2) is 18.6 Å². The van der Waals surface area contributed by atoms with E-state index < -0.39 is 10.0 Å². The van der Waals surface area contributed by atoms with Crippen molar-refractivity contribution in [1.29, 1.82) is 0 Å². The quantitative estimate of drug-likeness (QED) is 0.851. The van der Waals surface area contributed by atoms with Gasteiger partial charge in [-0.25, -0.2) is 13.6 Å². The summed E-state index contributed by atoms with van der Waals surface area (Å²) in [6.07, 6.45) is 0. The SMILES string of the molecule is NS(=O)(=O)c1nnc(Nc2ccccc2)s1. The van der Waals surface area contributed by atoms with E-state index in [2.05, 4.69) is 15.5 Å². The lowest BCUT2D eigenvalue weighted by Gasteiger charge is -1.99. The number of aromatic nitrogens is 2. The van der Waals surface area contributed by atoms with Gasteiger partial charge >= 0.3 is 0 Å². The van der Waals surface area contributed by atoms with E-state index in [1.807, 2.05) is 30.3 Å². The molecule has 8 heteroatoms. The predicted octanol–water partition coefficient (Wildman–Crippen LogP) is 0.929. The van der Waals surface area contributed by atoms with Gasteiger partial charge in [-0.15, -0.1) is 10.2 Å². The summed E-state index contributed by atoms with van der Waals surface area (Å²) < 4.78 is 21.7. The Hall–Kier alpha value is -1.51. The van der Waals surface area contributed by atoms with Crippen molar-refractivity contribution >= 4 is 32.2 Å². The number of anilines is 2. The number of nitrogens with one attached hydrogen (secondary N) is 1. The van der Waals surface area contributed by atoms with Crippen LogP contribution in [0.2, 0.25) is 0 Å². The fraction of sp³-hybridized carbons (Fsp3) is 0. The molecule has 84 valence electrons. The van der Waals surface area contributed by atoms with Gasteiger partial charge in [-0.1, -0.05) is 29.5 Å². The molecule has 0 spiro atoms. The fourth-order valence-electron chi connectivity index (χ4n) is 1.02. The van der Waals surface area contributed by atoms with Gasteiger partial charge in [-0.3, -0.25) is 0 Å². The monoisotopic (exact) mass is 256 g/mol. The van der Waals surface area contributed by atoms with Crippen LogP contribution in [0, 0.1) is 0 Å². The zero-order valence-electron chi connectivity index (χ0n) is 7.99. The normalized spacial score (nSPS) is 11.3. The Morgan fingerprint density at radius 1 is 1.19 bits per heavy atom.